The van der Waals surface area contributed by atoms with Gasteiger partial charge in [0.15, 0.2) is 0 Å². The maximum absolute atomic E-state index is 10.8. The molecule has 4 heteroatoms. The van der Waals surface area contributed by atoms with Crippen molar-refractivity contribution in [2.75, 3.05) is 13.1 Å². The van der Waals surface area contributed by atoms with Crippen molar-refractivity contribution in [3.05, 3.63) is 0 Å². The van der Waals surface area contributed by atoms with Crippen LogP contribution in [0.2, 0.25) is 0 Å². The number of nitrogens with one attached hydrogen (secondary N) is 2. The standard InChI is InChI=1S/C13H29N3O/c1-4-7-9-15-12(8-5-2)11(6-3)10-16-13(14)17/h11-12,15H,4-10H2,1-3H3,(H3,14,16,17). The Morgan fingerprint density at radius 3 is 2.41 bits per heavy atom. The minimum absolute atomic E-state index is 0.424. The zero-order valence-electron chi connectivity index (χ0n) is 11.6. The van der Waals surface area contributed by atoms with Crippen molar-refractivity contribution in [3.8, 4) is 0 Å². The Kier molecular flexibility index (Phi) is 9.92. The van der Waals surface area contributed by atoms with Gasteiger partial charge < -0.3 is 16.4 Å². The number of amides is 2. The molecular weight excluding hydrogens is 214 g/mol. The number of hydrogen-bond donors (Lipinski definition) is 3. The van der Waals surface area contributed by atoms with E-state index in [2.05, 4.69) is 31.4 Å². The molecule has 0 bridgehead atoms. The van der Waals surface area contributed by atoms with Gasteiger partial charge in [-0.1, -0.05) is 40.0 Å². The molecule has 0 heterocycles. The predicted molar refractivity (Wildman–Crippen MR) is 73.0 cm³/mol. The number of primary amides is 1. The maximum atomic E-state index is 10.8. The summed E-state index contributed by atoms with van der Waals surface area (Å²) in [6.07, 6.45) is 5.80. The lowest BCUT2D eigenvalue weighted by atomic mass is 9.93. The van der Waals surface area contributed by atoms with E-state index in [1.165, 1.54) is 12.8 Å². The van der Waals surface area contributed by atoms with E-state index in [1.54, 1.807) is 0 Å². The number of rotatable bonds is 10. The fourth-order valence-corrected chi connectivity index (χ4v) is 2.08. The Hall–Kier alpha value is -0.770. The molecule has 0 aromatic heterocycles. The zero-order chi connectivity index (χ0) is 13.1. The van der Waals surface area contributed by atoms with E-state index in [1.807, 2.05) is 0 Å². The first kappa shape index (κ1) is 16.2. The summed E-state index contributed by atoms with van der Waals surface area (Å²) in [4.78, 5) is 10.8. The lowest BCUT2D eigenvalue weighted by Crippen LogP contribution is -2.43. The Bertz CT molecular complexity index is 197. The highest BCUT2D eigenvalue weighted by Crippen LogP contribution is 2.13. The molecule has 0 rings (SSSR count). The van der Waals surface area contributed by atoms with Gasteiger partial charge in [-0.05, 0) is 25.3 Å². The fourth-order valence-electron chi connectivity index (χ4n) is 2.08. The monoisotopic (exact) mass is 243 g/mol. The highest BCUT2D eigenvalue weighted by molar-refractivity contribution is 5.71. The van der Waals surface area contributed by atoms with Crippen molar-refractivity contribution in [3.63, 3.8) is 0 Å². The normalized spacial score (nSPS) is 14.3. The van der Waals surface area contributed by atoms with E-state index in [9.17, 15) is 4.79 Å². The summed E-state index contributed by atoms with van der Waals surface area (Å²) >= 11 is 0. The van der Waals surface area contributed by atoms with Crippen LogP contribution in [-0.2, 0) is 0 Å². The summed E-state index contributed by atoms with van der Waals surface area (Å²) in [6, 6.07) is 0.0654. The van der Waals surface area contributed by atoms with Gasteiger partial charge in [0.25, 0.3) is 0 Å². The van der Waals surface area contributed by atoms with Crippen LogP contribution in [0.1, 0.15) is 52.9 Å². The van der Waals surface area contributed by atoms with Gasteiger partial charge in [0.05, 0.1) is 0 Å². The van der Waals surface area contributed by atoms with E-state index < -0.39 is 6.03 Å². The summed E-state index contributed by atoms with van der Waals surface area (Å²) in [7, 11) is 0. The van der Waals surface area contributed by atoms with Crippen LogP contribution in [0.4, 0.5) is 4.79 Å². The van der Waals surface area contributed by atoms with Crippen LogP contribution in [0.3, 0.4) is 0 Å². The Morgan fingerprint density at radius 1 is 1.24 bits per heavy atom. The smallest absolute Gasteiger partial charge is 0.312 e. The van der Waals surface area contributed by atoms with E-state index in [0.29, 0.717) is 18.5 Å². The van der Waals surface area contributed by atoms with E-state index in [-0.39, 0.29) is 0 Å². The molecule has 17 heavy (non-hydrogen) atoms. The molecule has 2 unspecified atom stereocenters. The molecule has 0 aliphatic heterocycles. The van der Waals surface area contributed by atoms with Crippen LogP contribution < -0.4 is 16.4 Å². The molecule has 0 aliphatic carbocycles. The van der Waals surface area contributed by atoms with Gasteiger partial charge >= 0.3 is 6.03 Å². The molecule has 0 radical (unpaired) electrons. The van der Waals surface area contributed by atoms with Crippen LogP contribution in [-0.4, -0.2) is 25.2 Å². The number of urea groups is 1. The molecule has 0 saturated heterocycles. The zero-order valence-corrected chi connectivity index (χ0v) is 11.6. The summed E-state index contributed by atoms with van der Waals surface area (Å²) in [5.74, 6) is 0.472. The van der Waals surface area contributed by atoms with Crippen LogP contribution in [0.15, 0.2) is 0 Å². The van der Waals surface area contributed by atoms with Crippen molar-refractivity contribution < 1.29 is 4.79 Å². The second-order valence-corrected chi connectivity index (χ2v) is 4.62. The van der Waals surface area contributed by atoms with Crippen molar-refractivity contribution in [2.45, 2.75) is 58.9 Å². The van der Waals surface area contributed by atoms with Crippen molar-refractivity contribution in [1.82, 2.24) is 10.6 Å². The Morgan fingerprint density at radius 2 is 1.94 bits per heavy atom. The largest absolute Gasteiger partial charge is 0.352 e. The van der Waals surface area contributed by atoms with E-state index in [0.717, 1.165) is 25.8 Å². The van der Waals surface area contributed by atoms with Crippen LogP contribution in [0.25, 0.3) is 0 Å². The first-order valence-electron chi connectivity index (χ1n) is 6.92. The molecule has 0 aromatic carbocycles. The van der Waals surface area contributed by atoms with E-state index >= 15 is 0 Å². The molecular formula is C13H29N3O. The van der Waals surface area contributed by atoms with Crippen LogP contribution in [0.5, 0.6) is 0 Å². The van der Waals surface area contributed by atoms with Crippen molar-refractivity contribution in [2.24, 2.45) is 11.7 Å². The minimum Gasteiger partial charge on any atom is -0.352 e. The molecule has 2 atom stereocenters. The summed E-state index contributed by atoms with van der Waals surface area (Å²) < 4.78 is 0. The summed E-state index contributed by atoms with van der Waals surface area (Å²) in [5.41, 5.74) is 5.12. The SMILES string of the molecule is CCCCNC(CCC)C(CC)CNC(N)=O. The number of carbonyl (C=O) groups is 1. The summed E-state index contributed by atoms with van der Waals surface area (Å²) in [6.45, 7) is 8.30. The number of hydrogen-bond acceptors (Lipinski definition) is 2. The average Bonchev–Trinajstić information content (AvgIpc) is 2.29. The van der Waals surface area contributed by atoms with Gasteiger partial charge in [-0.25, -0.2) is 4.79 Å². The third-order valence-electron chi connectivity index (χ3n) is 3.17. The maximum Gasteiger partial charge on any atom is 0.312 e. The number of unbranched alkanes of at least 4 members (excludes halogenated alkanes) is 1. The molecule has 4 N–H and O–H groups in total. The molecule has 0 aromatic rings. The third kappa shape index (κ3) is 8.02. The van der Waals surface area contributed by atoms with Gasteiger partial charge in [-0.15, -0.1) is 0 Å². The van der Waals surface area contributed by atoms with Gasteiger partial charge in [0.2, 0.25) is 0 Å². The minimum atomic E-state index is -0.424. The molecule has 0 fully saturated rings. The van der Waals surface area contributed by atoms with Crippen molar-refractivity contribution in [1.29, 1.82) is 0 Å². The average molecular weight is 243 g/mol. The molecule has 0 saturated carbocycles. The van der Waals surface area contributed by atoms with Gasteiger partial charge in [-0.2, -0.15) is 0 Å². The molecule has 102 valence electrons. The predicted octanol–water partition coefficient (Wildman–Crippen LogP) is 2.24. The quantitative estimate of drug-likeness (QED) is 0.515. The second kappa shape index (κ2) is 10.4. The first-order chi connectivity index (χ1) is 8.15. The third-order valence-corrected chi connectivity index (χ3v) is 3.17. The molecule has 2 amide bonds. The van der Waals surface area contributed by atoms with Crippen LogP contribution >= 0.6 is 0 Å². The Balaban J connectivity index is 4.14. The lowest BCUT2D eigenvalue weighted by molar-refractivity contribution is 0.242. The number of nitrogens with two attached hydrogens (primary N) is 1. The van der Waals surface area contributed by atoms with Gasteiger partial charge in [-0.3, -0.25) is 0 Å². The van der Waals surface area contributed by atoms with Crippen LogP contribution in [0, 0.1) is 5.92 Å². The van der Waals surface area contributed by atoms with Crippen molar-refractivity contribution >= 4 is 6.03 Å². The van der Waals surface area contributed by atoms with Gasteiger partial charge in [0.1, 0.15) is 0 Å². The molecule has 4 nitrogen and oxygen atoms in total. The summed E-state index contributed by atoms with van der Waals surface area (Å²) in [5, 5.41) is 6.33. The number of carbonyl (C=O) groups excluding carboxylic acids is 1. The lowest BCUT2D eigenvalue weighted by Gasteiger charge is -2.27. The first-order valence-corrected chi connectivity index (χ1v) is 6.92. The fraction of sp³-hybridized carbons (Fsp3) is 0.923. The Labute approximate surface area is 106 Å². The topological polar surface area (TPSA) is 67.2 Å². The van der Waals surface area contributed by atoms with E-state index in [4.69, 9.17) is 5.73 Å². The highest BCUT2D eigenvalue weighted by atomic mass is 16.2. The highest BCUT2D eigenvalue weighted by Gasteiger charge is 2.18. The second-order valence-electron chi connectivity index (χ2n) is 4.62. The molecule has 0 spiro atoms. The molecule has 0 aliphatic rings. The van der Waals surface area contributed by atoms with Gasteiger partial charge in [0, 0.05) is 12.6 Å².